The minimum Gasteiger partial charge on any atom is -0.462 e. The molecule has 2 heterocycles. The van der Waals surface area contributed by atoms with E-state index in [9.17, 15) is 19.1 Å². The number of hydrogen-bond donors (Lipinski definition) is 3. The summed E-state index contributed by atoms with van der Waals surface area (Å²) in [6, 6.07) is 1.22. The van der Waals surface area contributed by atoms with Crippen molar-refractivity contribution in [3.05, 3.63) is 22.2 Å². The van der Waals surface area contributed by atoms with Gasteiger partial charge in [-0.1, -0.05) is 0 Å². The first kappa shape index (κ1) is 13.5. The molecule has 9 heteroatoms. The van der Waals surface area contributed by atoms with Crippen LogP contribution in [0.25, 0.3) is 11.5 Å². The van der Waals surface area contributed by atoms with Crippen LogP contribution in [-0.2, 0) is 4.57 Å². The van der Waals surface area contributed by atoms with E-state index in [-0.39, 0.29) is 22.0 Å². The van der Waals surface area contributed by atoms with E-state index >= 15 is 0 Å². The maximum Gasteiger partial charge on any atom is 0.360 e. The molecule has 2 aromatic rings. The SMILES string of the molecule is NC(=O)c1nc(-c2occc2P(=O)(O)O)c(C2CC2)s1. The van der Waals surface area contributed by atoms with E-state index in [0.717, 1.165) is 29.1 Å². The molecule has 1 fully saturated rings. The fraction of sp³-hybridized carbons (Fsp3) is 0.273. The van der Waals surface area contributed by atoms with Crippen molar-refractivity contribution < 1.29 is 23.6 Å². The predicted molar refractivity (Wildman–Crippen MR) is 72.0 cm³/mol. The van der Waals surface area contributed by atoms with Crippen LogP contribution in [0.5, 0.6) is 0 Å². The maximum absolute atomic E-state index is 11.4. The Morgan fingerprint density at radius 2 is 2.20 bits per heavy atom. The Bertz CT molecular complexity index is 727. The Hall–Kier alpha value is -1.47. The minimum absolute atomic E-state index is 0.0176. The quantitative estimate of drug-likeness (QED) is 0.727. The summed E-state index contributed by atoms with van der Waals surface area (Å²) in [5, 5.41) is -0.101. The van der Waals surface area contributed by atoms with Crippen molar-refractivity contribution in [1.82, 2.24) is 4.98 Å². The van der Waals surface area contributed by atoms with Crippen molar-refractivity contribution in [2.45, 2.75) is 18.8 Å². The Morgan fingerprint density at radius 3 is 2.75 bits per heavy atom. The van der Waals surface area contributed by atoms with E-state index in [1.54, 1.807) is 0 Å². The molecule has 2 aromatic heterocycles. The number of thiazole rings is 1. The van der Waals surface area contributed by atoms with Gasteiger partial charge in [0.1, 0.15) is 11.0 Å². The monoisotopic (exact) mass is 314 g/mol. The standard InChI is InChI=1S/C11H11N2O5PS/c12-10(14)11-13-7(9(20-11)5-1-2-5)8-6(3-4-18-8)19(15,16)17/h3-5H,1-2H2,(H2,12,14)(H2,15,16,17). The molecule has 0 saturated heterocycles. The van der Waals surface area contributed by atoms with Crippen molar-refractivity contribution in [2.75, 3.05) is 0 Å². The van der Waals surface area contributed by atoms with Gasteiger partial charge in [-0.25, -0.2) is 4.98 Å². The molecule has 20 heavy (non-hydrogen) atoms. The van der Waals surface area contributed by atoms with Gasteiger partial charge in [-0.15, -0.1) is 11.3 Å². The van der Waals surface area contributed by atoms with Crippen LogP contribution >= 0.6 is 18.9 Å². The van der Waals surface area contributed by atoms with Gasteiger partial charge in [0.25, 0.3) is 5.91 Å². The minimum atomic E-state index is -4.46. The Balaban J connectivity index is 2.17. The number of carbonyl (C=O) groups is 1. The lowest BCUT2D eigenvalue weighted by Crippen LogP contribution is -2.10. The summed E-state index contributed by atoms with van der Waals surface area (Å²) in [4.78, 5) is 34.8. The molecule has 0 atom stereocenters. The zero-order chi connectivity index (χ0) is 14.5. The number of rotatable bonds is 4. The number of nitrogens with zero attached hydrogens (tertiary/aromatic N) is 1. The van der Waals surface area contributed by atoms with Gasteiger partial charge in [-0.3, -0.25) is 9.36 Å². The van der Waals surface area contributed by atoms with E-state index in [1.165, 1.54) is 12.3 Å². The molecule has 106 valence electrons. The van der Waals surface area contributed by atoms with Gasteiger partial charge < -0.3 is 19.9 Å². The average molecular weight is 314 g/mol. The molecule has 1 aliphatic carbocycles. The first-order valence-corrected chi connectivity index (χ1v) is 8.25. The van der Waals surface area contributed by atoms with Crippen LogP contribution < -0.4 is 11.0 Å². The molecule has 1 aliphatic rings. The van der Waals surface area contributed by atoms with E-state index in [4.69, 9.17) is 10.2 Å². The van der Waals surface area contributed by atoms with Crippen molar-refractivity contribution in [3.63, 3.8) is 0 Å². The Labute approximate surface area is 117 Å². The van der Waals surface area contributed by atoms with Gasteiger partial charge in [0, 0.05) is 4.88 Å². The van der Waals surface area contributed by atoms with Crippen LogP contribution in [0.2, 0.25) is 0 Å². The van der Waals surface area contributed by atoms with Gasteiger partial charge in [0.05, 0.1) is 6.26 Å². The van der Waals surface area contributed by atoms with E-state index in [2.05, 4.69) is 4.98 Å². The third-order valence-corrected chi connectivity index (χ3v) is 5.20. The zero-order valence-electron chi connectivity index (χ0n) is 10.1. The van der Waals surface area contributed by atoms with E-state index < -0.39 is 13.5 Å². The summed E-state index contributed by atoms with van der Waals surface area (Å²) >= 11 is 1.16. The first-order chi connectivity index (χ1) is 9.38. The molecule has 3 rings (SSSR count). The highest BCUT2D eigenvalue weighted by molar-refractivity contribution is 7.60. The van der Waals surface area contributed by atoms with Gasteiger partial charge in [-0.2, -0.15) is 0 Å². The molecular weight excluding hydrogens is 303 g/mol. The lowest BCUT2D eigenvalue weighted by Gasteiger charge is -2.03. The number of amides is 1. The van der Waals surface area contributed by atoms with Gasteiger partial charge in [0.2, 0.25) is 0 Å². The average Bonchev–Trinajstić information content (AvgIpc) is 2.92. The number of primary amides is 1. The molecular formula is C11H11N2O5PS. The summed E-state index contributed by atoms with van der Waals surface area (Å²) < 4.78 is 16.6. The molecule has 0 spiro atoms. The lowest BCUT2D eigenvalue weighted by atomic mass is 10.2. The van der Waals surface area contributed by atoms with Crippen LogP contribution in [-0.4, -0.2) is 20.7 Å². The number of hydrogen-bond acceptors (Lipinski definition) is 5. The highest BCUT2D eigenvalue weighted by atomic mass is 32.1. The molecule has 4 N–H and O–H groups in total. The summed E-state index contributed by atoms with van der Waals surface area (Å²) in [5.41, 5.74) is 5.53. The smallest absolute Gasteiger partial charge is 0.360 e. The summed E-state index contributed by atoms with van der Waals surface area (Å²) in [6.45, 7) is 0. The number of aromatic nitrogens is 1. The van der Waals surface area contributed by atoms with Crippen molar-refractivity contribution >= 4 is 30.1 Å². The number of carbonyl (C=O) groups excluding carboxylic acids is 1. The summed E-state index contributed by atoms with van der Waals surface area (Å²) in [5.74, 6) is -0.387. The molecule has 0 unspecified atom stereocenters. The number of furan rings is 1. The molecule has 7 nitrogen and oxygen atoms in total. The third kappa shape index (κ3) is 2.31. The van der Waals surface area contributed by atoms with E-state index in [1.807, 2.05) is 0 Å². The zero-order valence-corrected chi connectivity index (χ0v) is 11.9. The number of nitrogens with two attached hydrogens (primary N) is 1. The topological polar surface area (TPSA) is 127 Å². The van der Waals surface area contributed by atoms with Crippen molar-refractivity contribution in [1.29, 1.82) is 0 Å². The van der Waals surface area contributed by atoms with Crippen molar-refractivity contribution in [2.24, 2.45) is 5.73 Å². The first-order valence-electron chi connectivity index (χ1n) is 5.82. The molecule has 0 bridgehead atoms. The van der Waals surface area contributed by atoms with Gasteiger partial charge in [-0.05, 0) is 24.8 Å². The molecule has 1 saturated carbocycles. The molecule has 0 radical (unpaired) electrons. The molecule has 0 aliphatic heterocycles. The molecule has 1 amide bonds. The summed E-state index contributed by atoms with van der Waals surface area (Å²) in [6.07, 6.45) is 3.11. The van der Waals surface area contributed by atoms with Crippen LogP contribution in [0, 0.1) is 0 Å². The normalized spacial score (nSPS) is 15.5. The fourth-order valence-electron chi connectivity index (χ4n) is 1.93. The second-order valence-electron chi connectivity index (χ2n) is 4.55. The maximum atomic E-state index is 11.4. The summed E-state index contributed by atoms with van der Waals surface area (Å²) in [7, 11) is -4.46. The second kappa shape index (κ2) is 4.53. The fourth-order valence-corrected chi connectivity index (χ4v) is 3.69. The van der Waals surface area contributed by atoms with E-state index in [0.29, 0.717) is 5.69 Å². The highest BCUT2D eigenvalue weighted by Gasteiger charge is 2.35. The van der Waals surface area contributed by atoms with Gasteiger partial charge >= 0.3 is 7.60 Å². The molecule has 0 aromatic carbocycles. The lowest BCUT2D eigenvalue weighted by molar-refractivity contribution is 0.1000. The third-order valence-electron chi connectivity index (χ3n) is 2.99. The van der Waals surface area contributed by atoms with Crippen molar-refractivity contribution in [3.8, 4) is 11.5 Å². The Morgan fingerprint density at radius 1 is 1.50 bits per heavy atom. The van der Waals surface area contributed by atoms with Crippen LogP contribution in [0.3, 0.4) is 0 Å². The van der Waals surface area contributed by atoms with Gasteiger partial charge in [0.15, 0.2) is 10.8 Å². The van der Waals surface area contributed by atoms with Crippen LogP contribution in [0.4, 0.5) is 0 Å². The largest absolute Gasteiger partial charge is 0.462 e. The van der Waals surface area contributed by atoms with Crippen LogP contribution in [0.15, 0.2) is 16.7 Å². The predicted octanol–water partition coefficient (Wildman–Crippen LogP) is 1.18. The highest BCUT2D eigenvalue weighted by Crippen LogP contribution is 2.48. The second-order valence-corrected chi connectivity index (χ2v) is 7.15. The Kier molecular flexibility index (Phi) is 3.06. The van der Waals surface area contributed by atoms with Crippen LogP contribution in [0.1, 0.15) is 33.4 Å².